The average Bonchev–Trinajstić information content (AvgIpc) is 2.21. The van der Waals surface area contributed by atoms with Gasteiger partial charge in [0, 0.05) is 6.61 Å². The number of amides is 3. The van der Waals surface area contributed by atoms with Crippen molar-refractivity contribution in [3.63, 3.8) is 0 Å². The van der Waals surface area contributed by atoms with Gasteiger partial charge in [-0.05, 0) is 12.8 Å². The number of carbonyl (C=O) groups excluding carboxylic acids is 3. The molecule has 0 radical (unpaired) electrons. The number of imide groups is 1. The lowest BCUT2D eigenvalue weighted by molar-refractivity contribution is -0.162. The molecule has 3 amide bonds. The van der Waals surface area contributed by atoms with E-state index in [0.29, 0.717) is 6.61 Å². The van der Waals surface area contributed by atoms with Gasteiger partial charge in [0.2, 0.25) is 0 Å². The largest absolute Gasteiger partial charge is 0.450 e. The minimum absolute atomic E-state index is 0.233. The minimum atomic E-state index is -1.06. The molecule has 0 fully saturated rings. The quantitative estimate of drug-likeness (QED) is 0.630. The minimum Gasteiger partial charge on any atom is -0.450 e. The van der Waals surface area contributed by atoms with Crippen LogP contribution in [0.25, 0.3) is 0 Å². The van der Waals surface area contributed by atoms with Gasteiger partial charge in [0.15, 0.2) is 6.10 Å². The van der Waals surface area contributed by atoms with E-state index in [4.69, 9.17) is 15.2 Å². The van der Waals surface area contributed by atoms with Crippen molar-refractivity contribution in [2.75, 3.05) is 13.2 Å². The highest BCUT2D eigenvalue weighted by atomic mass is 16.6. The number of hydrogen-bond donors (Lipinski definition) is 2. The third kappa shape index (κ3) is 6.52. The summed E-state index contributed by atoms with van der Waals surface area (Å²) in [6.07, 6.45) is -1.06. The molecule has 98 valence electrons. The molecule has 3 N–H and O–H groups in total. The van der Waals surface area contributed by atoms with Crippen LogP contribution in [0.1, 0.15) is 20.8 Å². The lowest BCUT2D eigenvalue weighted by Gasteiger charge is -2.19. The van der Waals surface area contributed by atoms with Crippen molar-refractivity contribution >= 4 is 17.9 Å². The molecule has 1 atom stereocenters. The number of urea groups is 1. The smallest absolute Gasteiger partial charge is 0.332 e. The zero-order valence-corrected chi connectivity index (χ0v) is 10.2. The van der Waals surface area contributed by atoms with E-state index in [1.54, 1.807) is 20.8 Å². The molecular formula is C10H18N2O5. The second-order valence-corrected chi connectivity index (χ2v) is 3.65. The molecule has 0 aromatic heterocycles. The van der Waals surface area contributed by atoms with Crippen LogP contribution in [-0.2, 0) is 19.1 Å². The number of esters is 1. The zero-order chi connectivity index (χ0) is 13.4. The molecule has 1 unspecified atom stereocenters. The number of hydrogen-bond acceptors (Lipinski definition) is 5. The van der Waals surface area contributed by atoms with Crippen molar-refractivity contribution in [2.24, 2.45) is 11.7 Å². The molecule has 0 rings (SSSR count). The van der Waals surface area contributed by atoms with Crippen molar-refractivity contribution in [2.45, 2.75) is 26.9 Å². The van der Waals surface area contributed by atoms with Crippen molar-refractivity contribution in [1.82, 2.24) is 5.32 Å². The molecule has 7 nitrogen and oxygen atoms in total. The Hall–Kier alpha value is -1.63. The maximum Gasteiger partial charge on any atom is 0.332 e. The van der Waals surface area contributed by atoms with Crippen LogP contribution in [0.2, 0.25) is 0 Å². The van der Waals surface area contributed by atoms with Gasteiger partial charge in [-0.15, -0.1) is 0 Å². The molecular weight excluding hydrogens is 228 g/mol. The number of carbonyl (C=O) groups is 3. The van der Waals surface area contributed by atoms with Crippen LogP contribution in [0.5, 0.6) is 0 Å². The van der Waals surface area contributed by atoms with Crippen LogP contribution in [-0.4, -0.2) is 37.2 Å². The van der Waals surface area contributed by atoms with Crippen molar-refractivity contribution in [1.29, 1.82) is 0 Å². The molecule has 0 aromatic rings. The number of rotatable bonds is 6. The zero-order valence-electron chi connectivity index (χ0n) is 10.2. The molecule has 0 aliphatic rings. The van der Waals surface area contributed by atoms with Gasteiger partial charge in [-0.25, -0.2) is 9.59 Å². The van der Waals surface area contributed by atoms with E-state index in [1.165, 1.54) is 0 Å². The Labute approximate surface area is 99.6 Å². The maximum atomic E-state index is 11.5. The first-order valence-corrected chi connectivity index (χ1v) is 5.26. The van der Waals surface area contributed by atoms with Crippen LogP contribution < -0.4 is 11.1 Å². The number of nitrogens with two attached hydrogens (primary N) is 1. The molecule has 0 spiro atoms. The molecule has 17 heavy (non-hydrogen) atoms. The van der Waals surface area contributed by atoms with Gasteiger partial charge < -0.3 is 15.2 Å². The van der Waals surface area contributed by atoms with E-state index >= 15 is 0 Å². The van der Waals surface area contributed by atoms with Gasteiger partial charge in [0.25, 0.3) is 5.91 Å². The van der Waals surface area contributed by atoms with Crippen molar-refractivity contribution in [3.8, 4) is 0 Å². The number of primary amides is 1. The molecule has 0 saturated heterocycles. The number of nitrogens with one attached hydrogen (secondary N) is 1. The summed E-state index contributed by atoms with van der Waals surface area (Å²) in [5, 5.41) is 1.87. The summed E-state index contributed by atoms with van der Waals surface area (Å²) in [5.74, 6) is -1.68. The van der Waals surface area contributed by atoms with E-state index in [0.717, 1.165) is 0 Å². The summed E-state index contributed by atoms with van der Waals surface area (Å²) in [5.41, 5.74) is 4.81. The van der Waals surface area contributed by atoms with Crippen LogP contribution in [0.3, 0.4) is 0 Å². The summed E-state index contributed by atoms with van der Waals surface area (Å²) < 4.78 is 9.73. The van der Waals surface area contributed by atoms with Crippen molar-refractivity contribution < 1.29 is 23.9 Å². The topological polar surface area (TPSA) is 108 Å². The van der Waals surface area contributed by atoms with E-state index < -0.39 is 24.0 Å². The second kappa shape index (κ2) is 7.61. The highest BCUT2D eigenvalue weighted by Crippen LogP contribution is 2.07. The second-order valence-electron chi connectivity index (χ2n) is 3.65. The Balaban J connectivity index is 4.38. The fourth-order valence-electron chi connectivity index (χ4n) is 1.05. The summed E-state index contributed by atoms with van der Waals surface area (Å²) in [6.45, 7) is 5.23. The molecule has 0 aromatic carbocycles. The molecule has 0 saturated carbocycles. The maximum absolute atomic E-state index is 11.5. The Kier molecular flexibility index (Phi) is 6.88. The lowest BCUT2D eigenvalue weighted by Crippen LogP contribution is -2.46. The summed E-state index contributed by atoms with van der Waals surface area (Å²) in [7, 11) is 0. The molecule has 0 aliphatic heterocycles. The Morgan fingerprint density at radius 2 is 1.88 bits per heavy atom. The summed E-state index contributed by atoms with van der Waals surface area (Å²) in [4.78, 5) is 33.3. The van der Waals surface area contributed by atoms with Crippen LogP contribution in [0.4, 0.5) is 4.79 Å². The summed E-state index contributed by atoms with van der Waals surface area (Å²) in [6, 6.07) is -0.985. The van der Waals surface area contributed by atoms with E-state index in [-0.39, 0.29) is 12.5 Å². The monoisotopic (exact) mass is 246 g/mol. The Morgan fingerprint density at radius 1 is 1.29 bits per heavy atom. The fourth-order valence-corrected chi connectivity index (χ4v) is 1.05. The van der Waals surface area contributed by atoms with E-state index in [2.05, 4.69) is 0 Å². The molecule has 0 aliphatic carbocycles. The first kappa shape index (κ1) is 15.4. The standard InChI is InChI=1S/C10H18N2O5/c1-4-16-5-7(13)17-8(6(2)3)9(14)12-10(11)15/h6,8H,4-5H2,1-3H3,(H3,11,12,14,15). The van der Waals surface area contributed by atoms with Gasteiger partial charge in [-0.2, -0.15) is 0 Å². The number of ether oxygens (including phenoxy) is 2. The highest BCUT2D eigenvalue weighted by molar-refractivity contribution is 5.96. The predicted molar refractivity (Wildman–Crippen MR) is 58.9 cm³/mol. The van der Waals surface area contributed by atoms with Crippen LogP contribution in [0, 0.1) is 5.92 Å². The highest BCUT2D eigenvalue weighted by Gasteiger charge is 2.27. The SMILES string of the molecule is CCOCC(=O)OC(C(=O)NC(N)=O)C(C)C. The third-order valence-corrected chi connectivity index (χ3v) is 1.79. The van der Waals surface area contributed by atoms with Gasteiger partial charge in [0.1, 0.15) is 6.61 Å². The lowest BCUT2D eigenvalue weighted by atomic mass is 10.1. The average molecular weight is 246 g/mol. The van der Waals surface area contributed by atoms with Gasteiger partial charge in [-0.3, -0.25) is 10.1 Å². The summed E-state index contributed by atoms with van der Waals surface area (Å²) >= 11 is 0. The van der Waals surface area contributed by atoms with Gasteiger partial charge in [-0.1, -0.05) is 13.8 Å². The van der Waals surface area contributed by atoms with E-state index in [9.17, 15) is 14.4 Å². The van der Waals surface area contributed by atoms with Crippen LogP contribution in [0.15, 0.2) is 0 Å². The first-order chi connectivity index (χ1) is 7.88. The molecule has 0 heterocycles. The Bertz CT molecular complexity index is 290. The van der Waals surface area contributed by atoms with Gasteiger partial charge in [0.05, 0.1) is 0 Å². The van der Waals surface area contributed by atoms with Crippen molar-refractivity contribution in [3.05, 3.63) is 0 Å². The first-order valence-electron chi connectivity index (χ1n) is 5.26. The normalized spacial score (nSPS) is 12.0. The fraction of sp³-hybridized carbons (Fsp3) is 0.700. The Morgan fingerprint density at radius 3 is 2.29 bits per heavy atom. The molecule has 7 heteroatoms. The van der Waals surface area contributed by atoms with Gasteiger partial charge >= 0.3 is 12.0 Å². The third-order valence-electron chi connectivity index (χ3n) is 1.79. The van der Waals surface area contributed by atoms with E-state index in [1.807, 2.05) is 5.32 Å². The van der Waals surface area contributed by atoms with Crippen LogP contribution >= 0.6 is 0 Å². The predicted octanol–water partition coefficient (Wildman–Crippen LogP) is -0.214. The molecule has 0 bridgehead atoms.